The SMILES string of the molecule is CCC(=O)Nc1ccc(S(=O)(=O)c2ccccc2)c2cccnc12. The van der Waals surface area contributed by atoms with E-state index in [1.165, 1.54) is 6.07 Å². The van der Waals surface area contributed by atoms with Crippen molar-refractivity contribution < 1.29 is 13.2 Å². The summed E-state index contributed by atoms with van der Waals surface area (Å²) in [6.45, 7) is 1.75. The van der Waals surface area contributed by atoms with E-state index in [4.69, 9.17) is 0 Å². The first kappa shape index (κ1) is 16.1. The third-order valence-electron chi connectivity index (χ3n) is 3.67. The molecule has 1 amide bonds. The number of nitrogens with one attached hydrogen (secondary N) is 1. The van der Waals surface area contributed by atoms with E-state index in [1.807, 2.05) is 0 Å². The van der Waals surface area contributed by atoms with Gasteiger partial charge in [-0.3, -0.25) is 9.78 Å². The molecule has 0 saturated heterocycles. The molecule has 5 nitrogen and oxygen atoms in total. The van der Waals surface area contributed by atoms with Gasteiger partial charge >= 0.3 is 0 Å². The van der Waals surface area contributed by atoms with Crippen LogP contribution in [0.4, 0.5) is 5.69 Å². The number of rotatable bonds is 4. The lowest BCUT2D eigenvalue weighted by molar-refractivity contribution is -0.115. The Morgan fingerprint density at radius 2 is 1.79 bits per heavy atom. The Balaban J connectivity index is 2.21. The van der Waals surface area contributed by atoms with E-state index in [2.05, 4.69) is 10.3 Å². The smallest absolute Gasteiger partial charge is 0.224 e. The molecule has 0 radical (unpaired) electrons. The second-order valence-electron chi connectivity index (χ2n) is 5.23. The number of benzene rings is 2. The van der Waals surface area contributed by atoms with Crippen LogP contribution in [0.3, 0.4) is 0 Å². The van der Waals surface area contributed by atoms with E-state index in [0.717, 1.165) is 0 Å². The van der Waals surface area contributed by atoms with E-state index in [1.54, 1.807) is 61.7 Å². The molecule has 2 aromatic carbocycles. The number of nitrogens with zero attached hydrogens (tertiary/aromatic N) is 1. The van der Waals surface area contributed by atoms with Gasteiger partial charge in [0.2, 0.25) is 15.7 Å². The van der Waals surface area contributed by atoms with Gasteiger partial charge in [-0.15, -0.1) is 0 Å². The lowest BCUT2D eigenvalue weighted by atomic mass is 10.2. The van der Waals surface area contributed by atoms with Gasteiger partial charge in [-0.2, -0.15) is 0 Å². The highest BCUT2D eigenvalue weighted by atomic mass is 32.2. The fourth-order valence-corrected chi connectivity index (χ4v) is 3.92. The van der Waals surface area contributed by atoms with Crippen LogP contribution in [0.1, 0.15) is 13.3 Å². The summed E-state index contributed by atoms with van der Waals surface area (Å²) in [6.07, 6.45) is 1.90. The monoisotopic (exact) mass is 340 g/mol. The van der Waals surface area contributed by atoms with Crippen molar-refractivity contribution in [1.29, 1.82) is 0 Å². The molecule has 1 heterocycles. The Bertz CT molecular complexity index is 999. The third kappa shape index (κ3) is 2.88. The molecule has 122 valence electrons. The van der Waals surface area contributed by atoms with E-state index in [9.17, 15) is 13.2 Å². The molecule has 1 aromatic heterocycles. The normalized spacial score (nSPS) is 11.4. The Morgan fingerprint density at radius 3 is 2.50 bits per heavy atom. The zero-order valence-electron chi connectivity index (χ0n) is 13.1. The quantitative estimate of drug-likeness (QED) is 0.789. The molecule has 0 aliphatic carbocycles. The molecule has 0 bridgehead atoms. The fourth-order valence-electron chi connectivity index (χ4n) is 2.45. The fraction of sp³-hybridized carbons (Fsp3) is 0.111. The Morgan fingerprint density at radius 1 is 1.04 bits per heavy atom. The maximum atomic E-state index is 12.9. The molecule has 0 unspecified atom stereocenters. The predicted octanol–water partition coefficient (Wildman–Crippen LogP) is 3.42. The first-order chi connectivity index (χ1) is 11.5. The summed E-state index contributed by atoms with van der Waals surface area (Å²) in [7, 11) is -3.67. The van der Waals surface area contributed by atoms with Crippen LogP contribution in [0.5, 0.6) is 0 Å². The molecule has 0 fully saturated rings. The number of carbonyl (C=O) groups excluding carboxylic acids is 1. The summed E-state index contributed by atoms with van der Waals surface area (Å²) in [5.41, 5.74) is 0.959. The molecular formula is C18H16N2O3S. The molecule has 3 aromatic rings. The van der Waals surface area contributed by atoms with Gasteiger partial charge in [0, 0.05) is 18.0 Å². The largest absolute Gasteiger partial charge is 0.324 e. The van der Waals surface area contributed by atoms with Gasteiger partial charge in [-0.25, -0.2) is 8.42 Å². The van der Waals surface area contributed by atoms with E-state index in [0.29, 0.717) is 23.0 Å². The van der Waals surface area contributed by atoms with Gasteiger partial charge in [0.25, 0.3) is 0 Å². The average Bonchev–Trinajstić information content (AvgIpc) is 2.62. The molecule has 0 spiro atoms. The topological polar surface area (TPSA) is 76.1 Å². The lowest BCUT2D eigenvalue weighted by Crippen LogP contribution is -2.11. The number of sulfone groups is 1. The van der Waals surface area contributed by atoms with Crippen LogP contribution >= 0.6 is 0 Å². The molecular weight excluding hydrogens is 324 g/mol. The number of carbonyl (C=O) groups is 1. The summed E-state index contributed by atoms with van der Waals surface area (Å²) in [5.74, 6) is -0.152. The van der Waals surface area contributed by atoms with Crippen molar-refractivity contribution >= 4 is 32.3 Å². The van der Waals surface area contributed by atoms with Gasteiger partial charge in [0.05, 0.1) is 21.0 Å². The highest BCUT2D eigenvalue weighted by Gasteiger charge is 2.21. The van der Waals surface area contributed by atoms with Gasteiger partial charge in [-0.1, -0.05) is 25.1 Å². The zero-order valence-corrected chi connectivity index (χ0v) is 13.9. The first-order valence-electron chi connectivity index (χ1n) is 7.51. The van der Waals surface area contributed by atoms with Crippen molar-refractivity contribution in [2.24, 2.45) is 0 Å². The van der Waals surface area contributed by atoms with Crippen LogP contribution in [-0.2, 0) is 14.6 Å². The van der Waals surface area contributed by atoms with Crippen LogP contribution < -0.4 is 5.32 Å². The summed E-state index contributed by atoms with van der Waals surface area (Å²) < 4.78 is 25.8. The number of hydrogen-bond donors (Lipinski definition) is 1. The van der Waals surface area contributed by atoms with Gasteiger partial charge in [0.1, 0.15) is 0 Å². The van der Waals surface area contributed by atoms with Crippen molar-refractivity contribution in [1.82, 2.24) is 4.98 Å². The van der Waals surface area contributed by atoms with Crippen molar-refractivity contribution in [3.8, 4) is 0 Å². The summed E-state index contributed by atoms with van der Waals surface area (Å²) in [6, 6.07) is 14.7. The molecule has 1 N–H and O–H groups in total. The number of hydrogen-bond acceptors (Lipinski definition) is 4. The van der Waals surface area contributed by atoms with Crippen molar-refractivity contribution in [3.63, 3.8) is 0 Å². The highest BCUT2D eigenvalue weighted by Crippen LogP contribution is 2.31. The summed E-state index contributed by atoms with van der Waals surface area (Å²) in [5, 5.41) is 3.24. The molecule has 0 atom stereocenters. The van der Waals surface area contributed by atoms with Gasteiger partial charge in [0.15, 0.2) is 0 Å². The van der Waals surface area contributed by atoms with Crippen molar-refractivity contribution in [3.05, 3.63) is 60.8 Å². The van der Waals surface area contributed by atoms with E-state index in [-0.39, 0.29) is 15.7 Å². The number of fused-ring (bicyclic) bond motifs is 1. The maximum Gasteiger partial charge on any atom is 0.224 e. The minimum Gasteiger partial charge on any atom is -0.324 e. The predicted molar refractivity (Wildman–Crippen MR) is 92.6 cm³/mol. The van der Waals surface area contributed by atoms with Crippen LogP contribution in [0, 0.1) is 0 Å². The molecule has 24 heavy (non-hydrogen) atoms. The van der Waals surface area contributed by atoms with Crippen molar-refractivity contribution in [2.75, 3.05) is 5.32 Å². The van der Waals surface area contributed by atoms with Gasteiger partial charge < -0.3 is 5.32 Å². The number of amides is 1. The van der Waals surface area contributed by atoms with Gasteiger partial charge in [-0.05, 0) is 36.4 Å². The van der Waals surface area contributed by atoms with E-state index < -0.39 is 9.84 Å². The molecule has 6 heteroatoms. The molecule has 3 rings (SSSR count). The Kier molecular flexibility index (Phi) is 4.31. The minimum absolute atomic E-state index is 0.152. The maximum absolute atomic E-state index is 12.9. The zero-order chi connectivity index (χ0) is 17.2. The Hall–Kier alpha value is -2.73. The highest BCUT2D eigenvalue weighted by molar-refractivity contribution is 7.91. The molecule has 0 aliphatic heterocycles. The second-order valence-corrected chi connectivity index (χ2v) is 7.15. The van der Waals surface area contributed by atoms with Crippen LogP contribution in [0.25, 0.3) is 10.9 Å². The number of anilines is 1. The Labute approximate surface area is 140 Å². The first-order valence-corrected chi connectivity index (χ1v) is 9.00. The van der Waals surface area contributed by atoms with E-state index >= 15 is 0 Å². The number of aromatic nitrogens is 1. The van der Waals surface area contributed by atoms with Crippen LogP contribution in [0.15, 0.2) is 70.6 Å². The van der Waals surface area contributed by atoms with Crippen molar-refractivity contribution in [2.45, 2.75) is 23.1 Å². The summed E-state index contributed by atoms with van der Waals surface area (Å²) >= 11 is 0. The molecule has 0 aliphatic rings. The second kappa shape index (κ2) is 6.41. The molecule has 0 saturated carbocycles. The van der Waals surface area contributed by atoms with Crippen LogP contribution in [-0.4, -0.2) is 19.3 Å². The lowest BCUT2D eigenvalue weighted by Gasteiger charge is -2.12. The standard InChI is InChI=1S/C18H16N2O3S/c1-2-17(21)20-15-10-11-16(14-9-6-12-19-18(14)15)24(22,23)13-7-4-3-5-8-13/h3-12H,2H2,1H3,(H,20,21). The average molecular weight is 340 g/mol. The van der Waals surface area contributed by atoms with Crippen LogP contribution in [0.2, 0.25) is 0 Å². The summed E-state index contributed by atoms with van der Waals surface area (Å²) in [4.78, 5) is 16.3. The third-order valence-corrected chi connectivity index (χ3v) is 5.50. The number of pyridine rings is 1. The minimum atomic E-state index is -3.67.